The lowest BCUT2D eigenvalue weighted by Crippen LogP contribution is -2.46. The fraction of sp³-hybridized carbons (Fsp3) is 0.458. The molecule has 2 N–H and O–H groups in total. The molecule has 0 saturated carbocycles. The SMILES string of the molecule is CN=C(NCCCCN1CCN(c2ccccc2)CC1)NCCc1ccccc1F. The van der Waals surface area contributed by atoms with Crippen molar-refractivity contribution in [3.63, 3.8) is 0 Å². The summed E-state index contributed by atoms with van der Waals surface area (Å²) >= 11 is 0. The van der Waals surface area contributed by atoms with Crippen molar-refractivity contribution in [2.75, 3.05) is 57.8 Å². The van der Waals surface area contributed by atoms with Crippen LogP contribution in [0, 0.1) is 5.82 Å². The van der Waals surface area contributed by atoms with Gasteiger partial charge in [-0.25, -0.2) is 4.39 Å². The van der Waals surface area contributed by atoms with Crippen LogP contribution < -0.4 is 15.5 Å². The molecule has 2 aromatic rings. The Morgan fingerprint density at radius 1 is 0.900 bits per heavy atom. The summed E-state index contributed by atoms with van der Waals surface area (Å²) in [5, 5.41) is 6.62. The summed E-state index contributed by atoms with van der Waals surface area (Å²) in [7, 11) is 1.77. The van der Waals surface area contributed by atoms with Crippen LogP contribution in [0.2, 0.25) is 0 Å². The average Bonchev–Trinajstić information content (AvgIpc) is 2.80. The first-order chi connectivity index (χ1) is 14.8. The molecular weight excluding hydrogens is 377 g/mol. The number of halogens is 1. The van der Waals surface area contributed by atoms with Crippen LogP contribution in [0.3, 0.4) is 0 Å². The van der Waals surface area contributed by atoms with Crippen LogP contribution in [0.1, 0.15) is 18.4 Å². The molecule has 1 saturated heterocycles. The smallest absolute Gasteiger partial charge is 0.190 e. The van der Waals surface area contributed by atoms with Crippen molar-refractivity contribution < 1.29 is 4.39 Å². The quantitative estimate of drug-likeness (QED) is 0.378. The number of nitrogens with zero attached hydrogens (tertiary/aromatic N) is 3. The zero-order chi connectivity index (χ0) is 21.0. The van der Waals surface area contributed by atoms with Gasteiger partial charge in [0.1, 0.15) is 5.82 Å². The van der Waals surface area contributed by atoms with Crippen molar-refractivity contribution in [2.45, 2.75) is 19.3 Å². The van der Waals surface area contributed by atoms with Gasteiger partial charge >= 0.3 is 0 Å². The summed E-state index contributed by atoms with van der Waals surface area (Å²) in [5.74, 6) is 0.634. The van der Waals surface area contributed by atoms with Crippen LogP contribution in [-0.2, 0) is 6.42 Å². The molecule has 1 fully saturated rings. The molecule has 0 unspecified atom stereocenters. The fourth-order valence-corrected chi connectivity index (χ4v) is 3.77. The predicted octanol–water partition coefficient (Wildman–Crippen LogP) is 3.14. The Bertz CT molecular complexity index is 772. The Morgan fingerprint density at radius 3 is 2.33 bits per heavy atom. The van der Waals surface area contributed by atoms with Gasteiger partial charge < -0.3 is 15.5 Å². The molecule has 162 valence electrons. The standard InChI is InChI=1S/C24H34FN5/c1-26-24(28-15-13-21-9-5-6-12-23(21)25)27-14-7-8-16-29-17-19-30(20-18-29)22-10-3-2-4-11-22/h2-6,9-12H,7-8,13-20H2,1H3,(H2,26,27,28). The molecular formula is C24H34FN5. The molecule has 1 aliphatic heterocycles. The molecule has 3 rings (SSSR count). The maximum atomic E-state index is 13.7. The van der Waals surface area contributed by atoms with E-state index in [-0.39, 0.29) is 5.82 Å². The third-order valence-corrected chi connectivity index (χ3v) is 5.56. The second kappa shape index (κ2) is 12.2. The molecule has 1 heterocycles. The fourth-order valence-electron chi connectivity index (χ4n) is 3.77. The van der Waals surface area contributed by atoms with E-state index >= 15 is 0 Å². The topological polar surface area (TPSA) is 42.9 Å². The van der Waals surface area contributed by atoms with Crippen molar-refractivity contribution >= 4 is 11.6 Å². The van der Waals surface area contributed by atoms with Crippen LogP contribution in [0.5, 0.6) is 0 Å². The Morgan fingerprint density at radius 2 is 1.60 bits per heavy atom. The van der Waals surface area contributed by atoms with E-state index in [0.29, 0.717) is 13.0 Å². The predicted molar refractivity (Wildman–Crippen MR) is 124 cm³/mol. The van der Waals surface area contributed by atoms with Crippen molar-refractivity contribution in [1.82, 2.24) is 15.5 Å². The van der Waals surface area contributed by atoms with E-state index in [4.69, 9.17) is 0 Å². The highest BCUT2D eigenvalue weighted by Crippen LogP contribution is 2.15. The number of aliphatic imine (C=N–C) groups is 1. The highest BCUT2D eigenvalue weighted by atomic mass is 19.1. The zero-order valence-electron chi connectivity index (χ0n) is 18.0. The minimum absolute atomic E-state index is 0.146. The molecule has 0 amide bonds. The van der Waals surface area contributed by atoms with Gasteiger partial charge in [-0.3, -0.25) is 9.89 Å². The molecule has 1 aliphatic rings. The number of piperazine rings is 1. The number of hydrogen-bond acceptors (Lipinski definition) is 3. The number of anilines is 1. The van der Waals surface area contributed by atoms with E-state index in [1.807, 2.05) is 12.1 Å². The summed E-state index contributed by atoms with van der Waals surface area (Å²) in [6.45, 7) is 7.14. The Hall–Kier alpha value is -2.60. The number of para-hydroxylation sites is 1. The molecule has 6 heteroatoms. The van der Waals surface area contributed by atoms with Gasteiger partial charge in [0.2, 0.25) is 0 Å². The van der Waals surface area contributed by atoms with Crippen LogP contribution in [0.25, 0.3) is 0 Å². The molecule has 0 radical (unpaired) electrons. The minimum atomic E-state index is -0.146. The molecule has 2 aromatic carbocycles. The second-order valence-corrected chi connectivity index (χ2v) is 7.64. The summed E-state index contributed by atoms with van der Waals surface area (Å²) in [6.07, 6.45) is 2.92. The van der Waals surface area contributed by atoms with Gasteiger partial charge in [-0.2, -0.15) is 0 Å². The Balaban J connectivity index is 1.24. The molecule has 0 atom stereocenters. The van der Waals surface area contributed by atoms with Crippen LogP contribution >= 0.6 is 0 Å². The first-order valence-corrected chi connectivity index (χ1v) is 11.0. The molecule has 0 aliphatic carbocycles. The normalized spacial score (nSPS) is 15.3. The van der Waals surface area contributed by atoms with Gasteiger partial charge in [-0.05, 0) is 49.6 Å². The monoisotopic (exact) mass is 411 g/mol. The van der Waals surface area contributed by atoms with E-state index in [1.54, 1.807) is 13.1 Å². The van der Waals surface area contributed by atoms with Crippen LogP contribution in [-0.4, -0.2) is 63.7 Å². The number of nitrogens with one attached hydrogen (secondary N) is 2. The van der Waals surface area contributed by atoms with E-state index < -0.39 is 0 Å². The summed E-state index contributed by atoms with van der Waals surface area (Å²) in [6, 6.07) is 17.6. The largest absolute Gasteiger partial charge is 0.369 e. The lowest BCUT2D eigenvalue weighted by molar-refractivity contribution is 0.253. The van der Waals surface area contributed by atoms with Crippen molar-refractivity contribution in [3.8, 4) is 0 Å². The van der Waals surface area contributed by atoms with E-state index in [1.165, 1.54) is 18.2 Å². The highest BCUT2D eigenvalue weighted by Gasteiger charge is 2.16. The van der Waals surface area contributed by atoms with Gasteiger partial charge in [0, 0.05) is 52.0 Å². The lowest BCUT2D eigenvalue weighted by Gasteiger charge is -2.36. The van der Waals surface area contributed by atoms with Crippen molar-refractivity contribution in [3.05, 3.63) is 66.0 Å². The van der Waals surface area contributed by atoms with Gasteiger partial charge in [0.05, 0.1) is 0 Å². The number of unbranched alkanes of at least 4 members (excludes halogenated alkanes) is 1. The second-order valence-electron chi connectivity index (χ2n) is 7.64. The van der Waals surface area contributed by atoms with Crippen molar-refractivity contribution in [1.29, 1.82) is 0 Å². The summed E-state index contributed by atoms with van der Waals surface area (Å²) in [5.41, 5.74) is 2.06. The molecule has 0 bridgehead atoms. The van der Waals surface area contributed by atoms with E-state index in [9.17, 15) is 4.39 Å². The van der Waals surface area contributed by atoms with Gasteiger partial charge in [-0.1, -0.05) is 36.4 Å². The minimum Gasteiger partial charge on any atom is -0.369 e. The first-order valence-electron chi connectivity index (χ1n) is 11.0. The van der Waals surface area contributed by atoms with Crippen LogP contribution in [0.4, 0.5) is 10.1 Å². The molecule has 5 nitrogen and oxygen atoms in total. The molecule has 0 aromatic heterocycles. The Kier molecular flexibility index (Phi) is 8.97. The molecule has 30 heavy (non-hydrogen) atoms. The lowest BCUT2D eigenvalue weighted by atomic mass is 10.1. The number of benzene rings is 2. The van der Waals surface area contributed by atoms with Crippen LogP contribution in [0.15, 0.2) is 59.6 Å². The van der Waals surface area contributed by atoms with Crippen molar-refractivity contribution in [2.24, 2.45) is 4.99 Å². The number of rotatable bonds is 9. The first kappa shape index (κ1) is 22.1. The third-order valence-electron chi connectivity index (χ3n) is 5.56. The van der Waals surface area contributed by atoms with E-state index in [0.717, 1.165) is 57.2 Å². The van der Waals surface area contributed by atoms with E-state index in [2.05, 4.69) is 55.8 Å². The Labute approximate surface area is 180 Å². The van der Waals surface area contributed by atoms with Gasteiger partial charge in [0.15, 0.2) is 5.96 Å². The summed E-state index contributed by atoms with van der Waals surface area (Å²) in [4.78, 5) is 9.27. The summed E-state index contributed by atoms with van der Waals surface area (Å²) < 4.78 is 13.7. The maximum absolute atomic E-state index is 13.7. The van der Waals surface area contributed by atoms with Gasteiger partial charge in [-0.15, -0.1) is 0 Å². The maximum Gasteiger partial charge on any atom is 0.190 e. The molecule has 0 spiro atoms. The zero-order valence-corrected chi connectivity index (χ0v) is 18.0. The number of guanidine groups is 1. The van der Waals surface area contributed by atoms with Gasteiger partial charge in [0.25, 0.3) is 0 Å². The average molecular weight is 412 g/mol. The number of hydrogen-bond donors (Lipinski definition) is 2. The highest BCUT2D eigenvalue weighted by molar-refractivity contribution is 5.79. The third kappa shape index (κ3) is 7.02.